The van der Waals surface area contributed by atoms with E-state index in [0.29, 0.717) is 18.1 Å². The van der Waals surface area contributed by atoms with E-state index < -0.39 is 0 Å². The first-order valence-electron chi connectivity index (χ1n) is 5.54. The van der Waals surface area contributed by atoms with Crippen molar-refractivity contribution in [2.45, 2.75) is 6.42 Å². The number of nitrogen functional groups attached to an aromatic ring is 1. The third-order valence-corrected chi connectivity index (χ3v) is 2.91. The maximum Gasteiger partial charge on any atom is 0.149 e. The van der Waals surface area contributed by atoms with Gasteiger partial charge in [-0.3, -0.25) is 0 Å². The second-order valence-corrected chi connectivity index (χ2v) is 4.81. The summed E-state index contributed by atoms with van der Waals surface area (Å²) in [5.41, 5.74) is 7.34. The number of benzene rings is 1. The maximum atomic E-state index is 13.0. The Hall–Kier alpha value is -1.62. The molecule has 0 aliphatic heterocycles. The van der Waals surface area contributed by atoms with Crippen molar-refractivity contribution in [1.29, 1.82) is 0 Å². The molecule has 0 spiro atoms. The van der Waals surface area contributed by atoms with Crippen LogP contribution in [0.5, 0.6) is 0 Å². The molecule has 0 radical (unpaired) electrons. The molecule has 3 nitrogen and oxygen atoms in total. The van der Waals surface area contributed by atoms with E-state index in [4.69, 9.17) is 5.73 Å². The van der Waals surface area contributed by atoms with E-state index >= 15 is 0 Å². The van der Waals surface area contributed by atoms with Gasteiger partial charge in [0.1, 0.15) is 11.6 Å². The zero-order valence-corrected chi connectivity index (χ0v) is 11.2. The Morgan fingerprint density at radius 3 is 2.89 bits per heavy atom. The van der Waals surface area contributed by atoms with E-state index in [9.17, 15) is 4.39 Å². The van der Waals surface area contributed by atoms with Gasteiger partial charge in [-0.2, -0.15) is 0 Å². The number of hydrogen-bond acceptors (Lipinski definition) is 3. The van der Waals surface area contributed by atoms with Crippen molar-refractivity contribution in [3.63, 3.8) is 0 Å². The zero-order chi connectivity index (χ0) is 13.0. The van der Waals surface area contributed by atoms with E-state index in [1.54, 1.807) is 18.3 Å². The van der Waals surface area contributed by atoms with Crippen LogP contribution >= 0.6 is 15.9 Å². The largest absolute Gasteiger partial charge is 0.396 e. The minimum atomic E-state index is -0.214. The predicted molar refractivity (Wildman–Crippen MR) is 74.9 cm³/mol. The van der Waals surface area contributed by atoms with E-state index in [1.807, 2.05) is 6.07 Å². The lowest BCUT2D eigenvalue weighted by Gasteiger charge is -2.08. The third-order valence-electron chi connectivity index (χ3n) is 2.48. The molecule has 0 aliphatic rings. The fourth-order valence-electron chi connectivity index (χ4n) is 1.62. The zero-order valence-electron chi connectivity index (χ0n) is 9.66. The smallest absolute Gasteiger partial charge is 0.149 e. The standard InChI is InChI=1S/C13H13BrFN3/c14-10-7-12(16)13(18-8-10)17-5-4-9-2-1-3-11(15)6-9/h1-3,6-8H,4-5,16H2,(H,17,18). The summed E-state index contributed by atoms with van der Waals surface area (Å²) in [4.78, 5) is 4.17. The molecule has 0 aliphatic carbocycles. The van der Waals surface area contributed by atoms with Crippen molar-refractivity contribution in [2.75, 3.05) is 17.6 Å². The van der Waals surface area contributed by atoms with Crippen molar-refractivity contribution in [3.05, 3.63) is 52.4 Å². The Balaban J connectivity index is 1.92. The molecule has 5 heteroatoms. The molecular weight excluding hydrogens is 297 g/mol. The highest BCUT2D eigenvalue weighted by Gasteiger charge is 2.01. The summed E-state index contributed by atoms with van der Waals surface area (Å²) < 4.78 is 13.8. The van der Waals surface area contributed by atoms with Crippen LogP contribution in [0.25, 0.3) is 0 Å². The lowest BCUT2D eigenvalue weighted by atomic mass is 10.1. The molecule has 0 saturated heterocycles. The van der Waals surface area contributed by atoms with Crippen molar-refractivity contribution in [3.8, 4) is 0 Å². The fraction of sp³-hybridized carbons (Fsp3) is 0.154. The van der Waals surface area contributed by atoms with Crippen LogP contribution in [0.15, 0.2) is 41.0 Å². The van der Waals surface area contributed by atoms with Crippen LogP contribution in [-0.2, 0) is 6.42 Å². The van der Waals surface area contributed by atoms with Gasteiger partial charge in [0.05, 0.1) is 5.69 Å². The Bertz CT molecular complexity index is 546. The maximum absolute atomic E-state index is 13.0. The molecule has 18 heavy (non-hydrogen) atoms. The molecule has 1 aromatic carbocycles. The molecule has 0 unspecified atom stereocenters. The molecule has 1 aromatic heterocycles. The average molecular weight is 310 g/mol. The Morgan fingerprint density at radius 2 is 2.17 bits per heavy atom. The van der Waals surface area contributed by atoms with Crippen molar-refractivity contribution < 1.29 is 4.39 Å². The van der Waals surface area contributed by atoms with Gasteiger partial charge in [-0.25, -0.2) is 9.37 Å². The summed E-state index contributed by atoms with van der Waals surface area (Å²) >= 11 is 3.30. The van der Waals surface area contributed by atoms with Gasteiger partial charge in [0.15, 0.2) is 0 Å². The van der Waals surface area contributed by atoms with E-state index in [2.05, 4.69) is 26.2 Å². The first kappa shape index (κ1) is 12.8. The Kier molecular flexibility index (Phi) is 4.15. The van der Waals surface area contributed by atoms with Crippen LogP contribution < -0.4 is 11.1 Å². The van der Waals surface area contributed by atoms with Crippen LogP contribution in [0, 0.1) is 5.82 Å². The molecule has 0 fully saturated rings. The number of halogens is 2. The summed E-state index contributed by atoms with van der Waals surface area (Å²) in [7, 11) is 0. The minimum absolute atomic E-state index is 0.214. The number of pyridine rings is 1. The number of aromatic nitrogens is 1. The van der Waals surface area contributed by atoms with E-state index in [-0.39, 0.29) is 5.82 Å². The monoisotopic (exact) mass is 309 g/mol. The molecule has 0 saturated carbocycles. The number of rotatable bonds is 4. The van der Waals surface area contributed by atoms with Gasteiger partial charge in [0.2, 0.25) is 0 Å². The molecule has 2 aromatic rings. The van der Waals surface area contributed by atoms with Gasteiger partial charge in [-0.1, -0.05) is 12.1 Å². The number of hydrogen-bond donors (Lipinski definition) is 2. The van der Waals surface area contributed by atoms with E-state index in [0.717, 1.165) is 16.5 Å². The van der Waals surface area contributed by atoms with Crippen molar-refractivity contribution in [2.24, 2.45) is 0 Å². The molecule has 0 bridgehead atoms. The van der Waals surface area contributed by atoms with Gasteiger partial charge in [0, 0.05) is 17.2 Å². The van der Waals surface area contributed by atoms with Crippen LogP contribution in [0.2, 0.25) is 0 Å². The average Bonchev–Trinajstić information content (AvgIpc) is 2.32. The predicted octanol–water partition coefficient (Wildman–Crippen LogP) is 3.22. The second kappa shape index (κ2) is 5.82. The molecular formula is C13H13BrFN3. The molecule has 0 amide bonds. The van der Waals surface area contributed by atoms with Gasteiger partial charge >= 0.3 is 0 Å². The summed E-state index contributed by atoms with van der Waals surface area (Å²) in [6, 6.07) is 8.35. The molecule has 94 valence electrons. The van der Waals surface area contributed by atoms with Gasteiger partial charge in [0.25, 0.3) is 0 Å². The van der Waals surface area contributed by atoms with Gasteiger partial charge in [-0.15, -0.1) is 0 Å². The van der Waals surface area contributed by atoms with Crippen molar-refractivity contribution >= 4 is 27.4 Å². The summed E-state index contributed by atoms with van der Waals surface area (Å²) in [6.45, 7) is 0.655. The third kappa shape index (κ3) is 3.43. The highest BCUT2D eigenvalue weighted by Crippen LogP contribution is 2.19. The minimum Gasteiger partial charge on any atom is -0.396 e. The number of nitrogens with two attached hydrogens (primary N) is 1. The van der Waals surface area contributed by atoms with Crippen LogP contribution in [-0.4, -0.2) is 11.5 Å². The van der Waals surface area contributed by atoms with Gasteiger partial charge in [-0.05, 0) is 46.1 Å². The highest BCUT2D eigenvalue weighted by atomic mass is 79.9. The van der Waals surface area contributed by atoms with E-state index in [1.165, 1.54) is 12.1 Å². The normalized spacial score (nSPS) is 10.3. The fourth-order valence-corrected chi connectivity index (χ4v) is 1.97. The quantitative estimate of drug-likeness (QED) is 0.911. The molecule has 0 atom stereocenters. The summed E-state index contributed by atoms with van der Waals surface area (Å²) in [5.74, 6) is 0.434. The molecule has 2 rings (SSSR count). The van der Waals surface area contributed by atoms with Gasteiger partial charge < -0.3 is 11.1 Å². The highest BCUT2D eigenvalue weighted by molar-refractivity contribution is 9.10. The topological polar surface area (TPSA) is 50.9 Å². The Labute approximate surface area is 113 Å². The van der Waals surface area contributed by atoms with Crippen LogP contribution in [0.3, 0.4) is 0 Å². The Morgan fingerprint density at radius 1 is 1.33 bits per heavy atom. The second-order valence-electron chi connectivity index (χ2n) is 3.90. The SMILES string of the molecule is Nc1cc(Br)cnc1NCCc1cccc(F)c1. The number of nitrogens with zero attached hydrogens (tertiary/aromatic N) is 1. The molecule has 1 heterocycles. The first-order chi connectivity index (χ1) is 8.65. The van der Waals surface area contributed by atoms with Crippen LogP contribution in [0.1, 0.15) is 5.56 Å². The summed E-state index contributed by atoms with van der Waals surface area (Å²) in [6.07, 6.45) is 2.40. The summed E-state index contributed by atoms with van der Waals surface area (Å²) in [5, 5.41) is 3.13. The first-order valence-corrected chi connectivity index (χ1v) is 6.34. The van der Waals surface area contributed by atoms with Crippen LogP contribution in [0.4, 0.5) is 15.9 Å². The number of anilines is 2. The molecule has 3 N–H and O–H groups in total. The van der Waals surface area contributed by atoms with Crippen molar-refractivity contribution in [1.82, 2.24) is 4.98 Å². The lowest BCUT2D eigenvalue weighted by molar-refractivity contribution is 0.625. The lowest BCUT2D eigenvalue weighted by Crippen LogP contribution is -2.08. The number of nitrogens with one attached hydrogen (secondary N) is 1.